The Morgan fingerprint density at radius 1 is 1.22 bits per heavy atom. The van der Waals surface area contributed by atoms with Crippen LogP contribution in [-0.2, 0) is 6.61 Å². The number of hydrogen-bond donors (Lipinski definition) is 2. The van der Waals surface area contributed by atoms with Crippen LogP contribution >= 0.6 is 15.9 Å². The van der Waals surface area contributed by atoms with Gasteiger partial charge < -0.3 is 15.1 Å². The predicted octanol–water partition coefficient (Wildman–Crippen LogP) is 2.68. The van der Waals surface area contributed by atoms with Gasteiger partial charge in [0.05, 0.1) is 13.2 Å². The summed E-state index contributed by atoms with van der Waals surface area (Å²) in [4.78, 5) is 2.29. The highest BCUT2D eigenvalue weighted by atomic mass is 79.9. The number of benzene rings is 1. The SMILES string of the molecule is OCCN(c1ccc(CO)c(Br)c1)C1CCCC1. The smallest absolute Gasteiger partial charge is 0.0692 e. The highest BCUT2D eigenvalue weighted by Crippen LogP contribution is 2.30. The van der Waals surface area contributed by atoms with Crippen LogP contribution in [0.3, 0.4) is 0 Å². The number of aliphatic hydroxyl groups is 2. The minimum absolute atomic E-state index is 0.0459. The van der Waals surface area contributed by atoms with E-state index in [1.807, 2.05) is 18.2 Å². The normalized spacial score (nSPS) is 16.2. The van der Waals surface area contributed by atoms with Gasteiger partial charge in [-0.15, -0.1) is 0 Å². The first-order valence-corrected chi connectivity index (χ1v) is 7.32. The number of rotatable bonds is 5. The first kappa shape index (κ1) is 13.8. The summed E-state index contributed by atoms with van der Waals surface area (Å²) in [5, 5.41) is 18.4. The molecular weight excluding hydrogens is 294 g/mol. The van der Waals surface area contributed by atoms with Crippen molar-refractivity contribution < 1.29 is 10.2 Å². The topological polar surface area (TPSA) is 43.7 Å². The Bertz CT molecular complexity index is 391. The maximum atomic E-state index is 9.24. The molecule has 0 aliphatic heterocycles. The molecule has 0 heterocycles. The molecule has 1 aliphatic carbocycles. The van der Waals surface area contributed by atoms with Gasteiger partial charge in [0.2, 0.25) is 0 Å². The zero-order chi connectivity index (χ0) is 13.0. The van der Waals surface area contributed by atoms with Gasteiger partial charge in [0.15, 0.2) is 0 Å². The van der Waals surface area contributed by atoms with Crippen molar-refractivity contribution in [1.82, 2.24) is 0 Å². The van der Waals surface area contributed by atoms with E-state index in [9.17, 15) is 10.2 Å². The van der Waals surface area contributed by atoms with Gasteiger partial charge in [0, 0.05) is 22.7 Å². The van der Waals surface area contributed by atoms with Crippen LogP contribution in [0, 0.1) is 0 Å². The van der Waals surface area contributed by atoms with Gasteiger partial charge in [0.1, 0.15) is 0 Å². The van der Waals surface area contributed by atoms with Crippen molar-refractivity contribution in [2.24, 2.45) is 0 Å². The average molecular weight is 314 g/mol. The van der Waals surface area contributed by atoms with Crippen LogP contribution in [0.15, 0.2) is 22.7 Å². The number of aliphatic hydroxyl groups excluding tert-OH is 2. The predicted molar refractivity (Wildman–Crippen MR) is 76.8 cm³/mol. The van der Waals surface area contributed by atoms with E-state index < -0.39 is 0 Å². The molecule has 2 N–H and O–H groups in total. The van der Waals surface area contributed by atoms with Crippen molar-refractivity contribution in [2.75, 3.05) is 18.1 Å². The lowest BCUT2D eigenvalue weighted by Crippen LogP contribution is -2.35. The number of hydrogen-bond acceptors (Lipinski definition) is 3. The van der Waals surface area contributed by atoms with Gasteiger partial charge in [-0.25, -0.2) is 0 Å². The molecule has 0 spiro atoms. The largest absolute Gasteiger partial charge is 0.395 e. The molecule has 0 bridgehead atoms. The molecule has 0 aromatic heterocycles. The third-order valence-electron chi connectivity index (χ3n) is 3.65. The second-order valence-corrected chi connectivity index (χ2v) is 5.64. The summed E-state index contributed by atoms with van der Waals surface area (Å²) < 4.78 is 0.934. The van der Waals surface area contributed by atoms with Gasteiger partial charge in [0.25, 0.3) is 0 Å². The van der Waals surface area contributed by atoms with Crippen LogP contribution in [0.25, 0.3) is 0 Å². The van der Waals surface area contributed by atoms with Gasteiger partial charge in [-0.2, -0.15) is 0 Å². The summed E-state index contributed by atoms with van der Waals surface area (Å²) in [5.41, 5.74) is 2.02. The Kier molecular flexibility index (Phi) is 5.03. The maximum Gasteiger partial charge on any atom is 0.0692 e. The molecule has 0 amide bonds. The van der Waals surface area contributed by atoms with Crippen molar-refractivity contribution >= 4 is 21.6 Å². The third-order valence-corrected chi connectivity index (χ3v) is 4.38. The van der Waals surface area contributed by atoms with Crippen LogP contribution in [0.5, 0.6) is 0 Å². The Labute approximate surface area is 117 Å². The minimum Gasteiger partial charge on any atom is -0.395 e. The molecule has 1 aliphatic rings. The molecule has 0 saturated heterocycles. The Balaban J connectivity index is 2.21. The van der Waals surface area contributed by atoms with Gasteiger partial charge in [-0.05, 0) is 30.5 Å². The molecule has 1 fully saturated rings. The first-order valence-electron chi connectivity index (χ1n) is 6.53. The molecule has 0 radical (unpaired) electrons. The summed E-state index contributed by atoms with van der Waals surface area (Å²) in [6.45, 7) is 0.899. The quantitative estimate of drug-likeness (QED) is 0.878. The van der Waals surface area contributed by atoms with E-state index in [1.54, 1.807) is 0 Å². The second-order valence-electron chi connectivity index (χ2n) is 4.79. The van der Waals surface area contributed by atoms with Crippen molar-refractivity contribution in [3.8, 4) is 0 Å². The van der Waals surface area contributed by atoms with E-state index in [0.29, 0.717) is 12.6 Å². The molecule has 1 saturated carbocycles. The summed E-state index contributed by atoms with van der Waals surface area (Å²) in [7, 11) is 0. The summed E-state index contributed by atoms with van der Waals surface area (Å²) >= 11 is 3.49. The first-order chi connectivity index (χ1) is 8.76. The molecule has 0 atom stereocenters. The van der Waals surface area contributed by atoms with Crippen molar-refractivity contribution in [3.63, 3.8) is 0 Å². The molecule has 3 nitrogen and oxygen atoms in total. The molecular formula is C14H20BrNO2. The highest BCUT2D eigenvalue weighted by molar-refractivity contribution is 9.10. The van der Waals surface area contributed by atoms with Gasteiger partial charge >= 0.3 is 0 Å². The van der Waals surface area contributed by atoms with Crippen LogP contribution in [-0.4, -0.2) is 29.4 Å². The zero-order valence-electron chi connectivity index (χ0n) is 10.5. The molecule has 1 aromatic carbocycles. The molecule has 4 heteroatoms. The number of anilines is 1. The van der Waals surface area contributed by atoms with Crippen molar-refractivity contribution in [1.29, 1.82) is 0 Å². The van der Waals surface area contributed by atoms with E-state index in [4.69, 9.17) is 0 Å². The molecule has 0 unspecified atom stereocenters. The Hall–Kier alpha value is -0.580. The fraction of sp³-hybridized carbons (Fsp3) is 0.571. The fourth-order valence-electron chi connectivity index (χ4n) is 2.69. The average Bonchev–Trinajstić information content (AvgIpc) is 2.89. The van der Waals surface area contributed by atoms with Crippen LogP contribution < -0.4 is 4.90 Å². The minimum atomic E-state index is 0.0459. The summed E-state index contributed by atoms with van der Waals surface area (Å²) in [5.74, 6) is 0. The van der Waals surface area contributed by atoms with E-state index in [-0.39, 0.29) is 13.2 Å². The van der Waals surface area contributed by atoms with Gasteiger partial charge in [-0.1, -0.05) is 34.8 Å². The van der Waals surface area contributed by atoms with E-state index >= 15 is 0 Å². The molecule has 1 aromatic rings. The second kappa shape index (κ2) is 6.55. The van der Waals surface area contributed by atoms with E-state index in [1.165, 1.54) is 25.7 Å². The monoisotopic (exact) mass is 313 g/mol. The highest BCUT2D eigenvalue weighted by Gasteiger charge is 2.22. The van der Waals surface area contributed by atoms with E-state index in [2.05, 4.69) is 20.8 Å². The Morgan fingerprint density at radius 2 is 1.94 bits per heavy atom. The fourth-order valence-corrected chi connectivity index (χ4v) is 3.18. The Morgan fingerprint density at radius 3 is 2.50 bits per heavy atom. The van der Waals surface area contributed by atoms with E-state index in [0.717, 1.165) is 15.7 Å². The van der Waals surface area contributed by atoms with Gasteiger partial charge in [-0.3, -0.25) is 0 Å². The van der Waals surface area contributed by atoms with Crippen molar-refractivity contribution in [3.05, 3.63) is 28.2 Å². The third kappa shape index (κ3) is 3.05. The lowest BCUT2D eigenvalue weighted by molar-refractivity contribution is 0.281. The summed E-state index contributed by atoms with van der Waals surface area (Å²) in [6, 6.07) is 6.56. The molecule has 18 heavy (non-hydrogen) atoms. The molecule has 100 valence electrons. The van der Waals surface area contributed by atoms with Crippen LogP contribution in [0.1, 0.15) is 31.2 Å². The molecule has 2 rings (SSSR count). The summed E-state index contributed by atoms with van der Waals surface area (Å²) in [6.07, 6.45) is 4.98. The zero-order valence-corrected chi connectivity index (χ0v) is 12.1. The van der Waals surface area contributed by atoms with Crippen molar-refractivity contribution in [2.45, 2.75) is 38.3 Å². The lowest BCUT2D eigenvalue weighted by atomic mass is 10.1. The van der Waals surface area contributed by atoms with Crippen LogP contribution in [0.4, 0.5) is 5.69 Å². The lowest BCUT2D eigenvalue weighted by Gasteiger charge is -2.31. The number of nitrogens with zero attached hydrogens (tertiary/aromatic N) is 1. The standard InChI is InChI=1S/C14H20BrNO2/c15-14-9-13(6-5-11(14)10-18)16(7-8-17)12-3-1-2-4-12/h5-6,9,12,17-18H,1-4,7-8,10H2. The van der Waals surface area contributed by atoms with Crippen LogP contribution in [0.2, 0.25) is 0 Å². The maximum absolute atomic E-state index is 9.24. The number of halogens is 1.